The van der Waals surface area contributed by atoms with Crippen molar-refractivity contribution in [3.63, 3.8) is 0 Å². The fraction of sp³-hybridized carbons (Fsp3) is 0.600. The first-order valence-electron chi connectivity index (χ1n) is 7.01. The number of β-amino-alcohol motifs (C(OH)–C–C–N with tert-alkyl or cyclic N) is 1. The maximum absolute atomic E-state index is 9.94. The highest BCUT2D eigenvalue weighted by atomic mass is 35.5. The van der Waals surface area contributed by atoms with Crippen molar-refractivity contribution < 1.29 is 14.9 Å². The maximum atomic E-state index is 9.94. The number of aliphatic hydroxyl groups excluding tert-OH is 2. The van der Waals surface area contributed by atoms with Crippen molar-refractivity contribution in [1.82, 2.24) is 4.90 Å². The Balaban J connectivity index is 1.63. The van der Waals surface area contributed by atoms with E-state index in [2.05, 4.69) is 4.90 Å². The Labute approximate surface area is 124 Å². The molecule has 1 aliphatic rings. The fourth-order valence-electron chi connectivity index (χ4n) is 2.47. The van der Waals surface area contributed by atoms with Crippen molar-refractivity contribution in [3.8, 4) is 0 Å². The molecule has 1 fully saturated rings. The van der Waals surface area contributed by atoms with E-state index in [-0.39, 0.29) is 6.61 Å². The van der Waals surface area contributed by atoms with E-state index >= 15 is 0 Å². The number of benzene rings is 1. The predicted molar refractivity (Wildman–Crippen MR) is 78.7 cm³/mol. The molecule has 0 radical (unpaired) electrons. The van der Waals surface area contributed by atoms with Crippen molar-refractivity contribution in [2.24, 2.45) is 5.92 Å². The third-order valence-corrected chi connectivity index (χ3v) is 3.84. The summed E-state index contributed by atoms with van der Waals surface area (Å²) in [4.78, 5) is 2.18. The molecule has 0 saturated carbocycles. The summed E-state index contributed by atoms with van der Waals surface area (Å²) in [6.07, 6.45) is 0.522. The summed E-state index contributed by atoms with van der Waals surface area (Å²) in [6, 6.07) is 7.49. The summed E-state index contributed by atoms with van der Waals surface area (Å²) in [5.74, 6) is 0.359. The number of likely N-dealkylation sites (tertiary alicyclic amines) is 1. The molecule has 1 aliphatic heterocycles. The summed E-state index contributed by atoms with van der Waals surface area (Å²) in [7, 11) is 0. The molecule has 2 unspecified atom stereocenters. The average molecular weight is 300 g/mol. The SMILES string of the molecule is OCC1CCN(CC(O)COCc2ccc(Cl)cc2)C1. The molecule has 0 aromatic heterocycles. The van der Waals surface area contributed by atoms with Crippen LogP contribution in [0, 0.1) is 5.92 Å². The largest absolute Gasteiger partial charge is 0.396 e. The smallest absolute Gasteiger partial charge is 0.0900 e. The molecule has 0 amide bonds. The van der Waals surface area contributed by atoms with Crippen LogP contribution in [-0.4, -0.2) is 54.1 Å². The van der Waals surface area contributed by atoms with Crippen LogP contribution in [0.5, 0.6) is 0 Å². The topological polar surface area (TPSA) is 52.9 Å². The van der Waals surface area contributed by atoms with E-state index in [4.69, 9.17) is 21.4 Å². The van der Waals surface area contributed by atoms with E-state index in [1.807, 2.05) is 24.3 Å². The summed E-state index contributed by atoms with van der Waals surface area (Å²) in [5.41, 5.74) is 1.04. The van der Waals surface area contributed by atoms with Gasteiger partial charge in [-0.1, -0.05) is 23.7 Å². The zero-order valence-electron chi connectivity index (χ0n) is 11.5. The Morgan fingerprint density at radius 1 is 1.35 bits per heavy atom. The van der Waals surface area contributed by atoms with Crippen LogP contribution in [-0.2, 0) is 11.3 Å². The Morgan fingerprint density at radius 3 is 2.75 bits per heavy atom. The number of rotatable bonds is 7. The first kappa shape index (κ1) is 15.7. The third kappa shape index (κ3) is 5.04. The molecule has 4 nitrogen and oxygen atoms in total. The van der Waals surface area contributed by atoms with Gasteiger partial charge in [0.2, 0.25) is 0 Å². The lowest BCUT2D eigenvalue weighted by Crippen LogP contribution is -2.33. The predicted octanol–water partition coefficient (Wildman–Crippen LogP) is 1.53. The molecule has 2 N–H and O–H groups in total. The Bertz CT molecular complexity index is 399. The second kappa shape index (κ2) is 7.96. The van der Waals surface area contributed by atoms with Gasteiger partial charge in [-0.25, -0.2) is 0 Å². The van der Waals surface area contributed by atoms with Gasteiger partial charge in [0.05, 0.1) is 19.3 Å². The molecule has 20 heavy (non-hydrogen) atoms. The standard InChI is InChI=1S/C15H22ClNO3/c16-14-3-1-12(2-4-14)10-20-11-15(19)8-17-6-5-13(7-17)9-18/h1-4,13,15,18-19H,5-11H2. The molecule has 2 rings (SSSR count). The molecular weight excluding hydrogens is 278 g/mol. The summed E-state index contributed by atoms with van der Waals surface area (Å²) < 4.78 is 5.52. The van der Waals surface area contributed by atoms with Crippen LogP contribution in [0.4, 0.5) is 0 Å². The molecule has 1 saturated heterocycles. The van der Waals surface area contributed by atoms with Gasteiger partial charge in [0.25, 0.3) is 0 Å². The minimum atomic E-state index is -0.486. The summed E-state index contributed by atoms with van der Waals surface area (Å²) in [5, 5.41) is 19.7. The second-order valence-electron chi connectivity index (χ2n) is 5.39. The van der Waals surface area contributed by atoms with E-state index in [1.54, 1.807) is 0 Å². The van der Waals surface area contributed by atoms with Crippen LogP contribution < -0.4 is 0 Å². The van der Waals surface area contributed by atoms with Gasteiger partial charge in [-0.05, 0) is 36.6 Å². The van der Waals surface area contributed by atoms with Gasteiger partial charge in [-0.2, -0.15) is 0 Å². The van der Waals surface area contributed by atoms with Gasteiger partial charge in [-0.15, -0.1) is 0 Å². The number of halogens is 1. The van der Waals surface area contributed by atoms with E-state index in [0.717, 1.165) is 25.1 Å². The molecular formula is C15H22ClNO3. The molecule has 1 heterocycles. The van der Waals surface area contributed by atoms with Crippen molar-refractivity contribution in [1.29, 1.82) is 0 Å². The molecule has 0 aliphatic carbocycles. The highest BCUT2D eigenvalue weighted by molar-refractivity contribution is 6.30. The van der Waals surface area contributed by atoms with Crippen LogP contribution in [0.3, 0.4) is 0 Å². The molecule has 1 aromatic rings. The lowest BCUT2D eigenvalue weighted by molar-refractivity contribution is 0.0125. The molecule has 1 aromatic carbocycles. The monoisotopic (exact) mass is 299 g/mol. The lowest BCUT2D eigenvalue weighted by Gasteiger charge is -2.19. The number of hydrogen-bond donors (Lipinski definition) is 2. The van der Waals surface area contributed by atoms with E-state index in [9.17, 15) is 5.11 Å². The van der Waals surface area contributed by atoms with Crippen molar-refractivity contribution in [2.45, 2.75) is 19.1 Å². The first-order chi connectivity index (χ1) is 9.67. The number of hydrogen-bond acceptors (Lipinski definition) is 4. The van der Waals surface area contributed by atoms with Gasteiger partial charge in [0, 0.05) is 24.7 Å². The number of aliphatic hydroxyl groups is 2. The average Bonchev–Trinajstić information content (AvgIpc) is 2.88. The minimum Gasteiger partial charge on any atom is -0.396 e. The second-order valence-corrected chi connectivity index (χ2v) is 5.83. The van der Waals surface area contributed by atoms with Crippen molar-refractivity contribution >= 4 is 11.6 Å². The van der Waals surface area contributed by atoms with Gasteiger partial charge in [-0.3, -0.25) is 0 Å². The fourth-order valence-corrected chi connectivity index (χ4v) is 2.60. The van der Waals surface area contributed by atoms with Crippen LogP contribution in [0.2, 0.25) is 5.02 Å². The van der Waals surface area contributed by atoms with Crippen molar-refractivity contribution in [3.05, 3.63) is 34.9 Å². The highest BCUT2D eigenvalue weighted by Crippen LogP contribution is 2.15. The minimum absolute atomic E-state index is 0.236. The van der Waals surface area contributed by atoms with Gasteiger partial charge in [0.1, 0.15) is 0 Å². The zero-order chi connectivity index (χ0) is 14.4. The summed E-state index contributed by atoms with van der Waals surface area (Å²) in [6.45, 7) is 3.46. The van der Waals surface area contributed by atoms with Crippen molar-refractivity contribution in [2.75, 3.05) is 32.8 Å². The normalized spacial score (nSPS) is 21.2. The zero-order valence-corrected chi connectivity index (χ0v) is 12.3. The molecule has 5 heteroatoms. The Morgan fingerprint density at radius 2 is 2.10 bits per heavy atom. The third-order valence-electron chi connectivity index (χ3n) is 3.59. The van der Waals surface area contributed by atoms with Gasteiger partial charge in [0.15, 0.2) is 0 Å². The Kier molecular flexibility index (Phi) is 6.26. The number of nitrogens with zero attached hydrogens (tertiary/aromatic N) is 1. The van der Waals surface area contributed by atoms with E-state index in [0.29, 0.717) is 30.7 Å². The van der Waals surface area contributed by atoms with Crippen LogP contribution >= 0.6 is 11.6 Å². The molecule has 0 bridgehead atoms. The maximum Gasteiger partial charge on any atom is 0.0900 e. The highest BCUT2D eigenvalue weighted by Gasteiger charge is 2.23. The molecule has 0 spiro atoms. The Hall–Kier alpha value is -0.650. The molecule has 2 atom stereocenters. The van der Waals surface area contributed by atoms with Gasteiger partial charge < -0.3 is 19.8 Å². The van der Waals surface area contributed by atoms with E-state index < -0.39 is 6.10 Å². The lowest BCUT2D eigenvalue weighted by atomic mass is 10.1. The number of ether oxygens (including phenoxy) is 1. The first-order valence-corrected chi connectivity index (χ1v) is 7.38. The summed E-state index contributed by atoms with van der Waals surface area (Å²) >= 11 is 5.81. The van der Waals surface area contributed by atoms with Crippen LogP contribution in [0.15, 0.2) is 24.3 Å². The quantitative estimate of drug-likeness (QED) is 0.802. The van der Waals surface area contributed by atoms with E-state index in [1.165, 1.54) is 0 Å². The molecule has 112 valence electrons. The van der Waals surface area contributed by atoms with Crippen LogP contribution in [0.1, 0.15) is 12.0 Å². The van der Waals surface area contributed by atoms with Crippen LogP contribution in [0.25, 0.3) is 0 Å². The van der Waals surface area contributed by atoms with Gasteiger partial charge >= 0.3 is 0 Å².